The Kier molecular flexibility index (Phi) is 4.77. The Morgan fingerprint density at radius 3 is 2.73 bits per heavy atom. The number of β-amino-alcohol motifs (C(OH)–C–C–N with tert-alkyl or cyclic N) is 1. The normalized spacial score (nSPS) is 16.1. The molecule has 0 saturated carbocycles. The van der Waals surface area contributed by atoms with E-state index in [1.165, 1.54) is 18.9 Å². The second kappa shape index (κ2) is 6.57. The van der Waals surface area contributed by atoms with Gasteiger partial charge in [-0.2, -0.15) is 0 Å². The summed E-state index contributed by atoms with van der Waals surface area (Å²) in [5.41, 5.74) is 0.513. The molecule has 7 heteroatoms. The zero-order chi connectivity index (χ0) is 16.3. The maximum atomic E-state index is 11.7. The van der Waals surface area contributed by atoms with Crippen LogP contribution in [0.15, 0.2) is 24.3 Å². The van der Waals surface area contributed by atoms with Gasteiger partial charge in [-0.1, -0.05) is 12.1 Å². The molecule has 7 nitrogen and oxygen atoms in total. The Hall–Kier alpha value is -2.41. The first-order chi connectivity index (χ1) is 10.4. The summed E-state index contributed by atoms with van der Waals surface area (Å²) in [7, 11) is 1.52. The van der Waals surface area contributed by atoms with Gasteiger partial charge in [0.2, 0.25) is 5.91 Å². The highest BCUT2D eigenvalue weighted by atomic mass is 16.5. The van der Waals surface area contributed by atoms with E-state index in [1.807, 2.05) is 0 Å². The summed E-state index contributed by atoms with van der Waals surface area (Å²) in [4.78, 5) is 36.8. The van der Waals surface area contributed by atoms with Gasteiger partial charge >= 0.3 is 6.03 Å². The minimum Gasteiger partial charge on any atom is -0.491 e. The van der Waals surface area contributed by atoms with Crippen molar-refractivity contribution in [2.45, 2.75) is 13.0 Å². The van der Waals surface area contributed by atoms with E-state index < -0.39 is 12.1 Å². The molecule has 1 fully saturated rings. The van der Waals surface area contributed by atoms with Crippen molar-refractivity contribution in [1.29, 1.82) is 0 Å². The van der Waals surface area contributed by atoms with Crippen molar-refractivity contribution in [3.63, 3.8) is 0 Å². The number of aliphatic hydroxyl groups excluding tert-OH is 1. The molecule has 1 heterocycles. The Morgan fingerprint density at radius 1 is 1.41 bits per heavy atom. The van der Waals surface area contributed by atoms with Crippen molar-refractivity contribution in [2.75, 3.05) is 26.7 Å². The van der Waals surface area contributed by atoms with Crippen molar-refractivity contribution in [2.24, 2.45) is 0 Å². The van der Waals surface area contributed by atoms with Crippen molar-refractivity contribution in [3.05, 3.63) is 29.8 Å². The van der Waals surface area contributed by atoms with E-state index in [2.05, 4.69) is 0 Å². The van der Waals surface area contributed by atoms with E-state index in [4.69, 9.17) is 4.74 Å². The van der Waals surface area contributed by atoms with Gasteiger partial charge < -0.3 is 14.7 Å². The first-order valence-corrected chi connectivity index (χ1v) is 6.86. The van der Waals surface area contributed by atoms with Gasteiger partial charge in [-0.3, -0.25) is 14.5 Å². The molecule has 2 rings (SSSR count). The zero-order valence-electron chi connectivity index (χ0n) is 12.5. The maximum Gasteiger partial charge on any atom is 0.327 e. The van der Waals surface area contributed by atoms with Crippen LogP contribution in [0.3, 0.4) is 0 Å². The van der Waals surface area contributed by atoms with Crippen molar-refractivity contribution < 1.29 is 24.2 Å². The molecule has 0 aliphatic carbocycles. The number of carbonyl (C=O) groups excluding carboxylic acids is 3. The van der Waals surface area contributed by atoms with Gasteiger partial charge in [-0.15, -0.1) is 0 Å². The Labute approximate surface area is 128 Å². The molecule has 1 atom stereocenters. The standard InChI is InChI=1S/C15H18N2O5/c1-10(18)11-4-3-5-13(6-11)22-9-12(19)7-17-14(20)8-16(2)15(17)21/h3-6,12,19H,7-9H2,1-2H3/t12-/m1/s1. The predicted octanol–water partition coefficient (Wildman–Crippen LogP) is 0.523. The van der Waals surface area contributed by atoms with Crippen LogP contribution in [0.2, 0.25) is 0 Å². The van der Waals surface area contributed by atoms with Crippen LogP contribution in [0.25, 0.3) is 0 Å². The molecule has 22 heavy (non-hydrogen) atoms. The topological polar surface area (TPSA) is 87.2 Å². The predicted molar refractivity (Wildman–Crippen MR) is 77.7 cm³/mol. The molecular formula is C15H18N2O5. The lowest BCUT2D eigenvalue weighted by Gasteiger charge is -2.18. The zero-order valence-corrected chi connectivity index (χ0v) is 12.5. The second-order valence-corrected chi connectivity index (χ2v) is 5.19. The number of imide groups is 1. The van der Waals surface area contributed by atoms with Gasteiger partial charge in [0, 0.05) is 12.6 Å². The van der Waals surface area contributed by atoms with Gasteiger partial charge in [-0.25, -0.2) is 4.79 Å². The lowest BCUT2D eigenvalue weighted by Crippen LogP contribution is -2.40. The van der Waals surface area contributed by atoms with Crippen molar-refractivity contribution in [3.8, 4) is 5.75 Å². The molecule has 1 N–H and O–H groups in total. The van der Waals surface area contributed by atoms with E-state index in [1.54, 1.807) is 24.3 Å². The number of likely N-dealkylation sites (N-methyl/N-ethyl adjacent to an activating group) is 1. The fourth-order valence-electron chi connectivity index (χ4n) is 2.11. The monoisotopic (exact) mass is 306 g/mol. The summed E-state index contributed by atoms with van der Waals surface area (Å²) in [5.74, 6) is 0.0235. The number of urea groups is 1. The molecule has 0 aromatic heterocycles. The molecule has 0 radical (unpaired) electrons. The summed E-state index contributed by atoms with van der Waals surface area (Å²) >= 11 is 0. The number of amides is 3. The van der Waals surface area contributed by atoms with Crippen LogP contribution < -0.4 is 4.74 Å². The van der Waals surface area contributed by atoms with Gasteiger partial charge in [0.25, 0.3) is 0 Å². The number of carbonyl (C=O) groups is 3. The lowest BCUT2D eigenvalue weighted by molar-refractivity contribution is -0.126. The van der Waals surface area contributed by atoms with Crippen LogP contribution in [-0.2, 0) is 4.79 Å². The number of aliphatic hydroxyl groups is 1. The van der Waals surface area contributed by atoms with E-state index in [0.29, 0.717) is 11.3 Å². The molecule has 1 aliphatic heterocycles. The molecule has 118 valence electrons. The SMILES string of the molecule is CC(=O)c1cccc(OC[C@H](O)CN2C(=O)CN(C)C2=O)c1. The van der Waals surface area contributed by atoms with Crippen LogP contribution in [0.5, 0.6) is 5.75 Å². The van der Waals surface area contributed by atoms with E-state index >= 15 is 0 Å². The Morgan fingerprint density at radius 2 is 2.14 bits per heavy atom. The minimum absolute atomic E-state index is 0.0209. The van der Waals surface area contributed by atoms with Crippen LogP contribution in [-0.4, -0.2) is 65.5 Å². The third-order valence-electron chi connectivity index (χ3n) is 3.31. The Balaban J connectivity index is 1.89. The highest BCUT2D eigenvalue weighted by Gasteiger charge is 2.34. The highest BCUT2D eigenvalue weighted by molar-refractivity contribution is 6.01. The number of nitrogens with zero attached hydrogens (tertiary/aromatic N) is 2. The van der Waals surface area contributed by atoms with E-state index in [9.17, 15) is 19.5 Å². The fourth-order valence-corrected chi connectivity index (χ4v) is 2.11. The van der Waals surface area contributed by atoms with Crippen LogP contribution in [0.1, 0.15) is 17.3 Å². The molecule has 0 spiro atoms. The molecule has 1 saturated heterocycles. The number of benzene rings is 1. The molecular weight excluding hydrogens is 288 g/mol. The number of Topliss-reactive ketones (excluding diaryl/α,β-unsaturated/α-hetero) is 1. The molecule has 1 aromatic rings. The second-order valence-electron chi connectivity index (χ2n) is 5.19. The average Bonchev–Trinajstić information content (AvgIpc) is 2.72. The smallest absolute Gasteiger partial charge is 0.327 e. The van der Waals surface area contributed by atoms with Crippen molar-refractivity contribution in [1.82, 2.24) is 9.80 Å². The molecule has 0 unspecified atom stereocenters. The molecule has 1 aliphatic rings. The van der Waals surface area contributed by atoms with E-state index in [0.717, 1.165) is 4.90 Å². The fraction of sp³-hybridized carbons (Fsp3) is 0.400. The average molecular weight is 306 g/mol. The minimum atomic E-state index is -1.000. The third kappa shape index (κ3) is 3.62. The highest BCUT2D eigenvalue weighted by Crippen LogP contribution is 2.15. The van der Waals surface area contributed by atoms with Crippen LogP contribution in [0, 0.1) is 0 Å². The molecule has 1 aromatic carbocycles. The van der Waals surface area contributed by atoms with Gasteiger partial charge in [0.05, 0.1) is 6.54 Å². The summed E-state index contributed by atoms with van der Waals surface area (Å²) in [5, 5.41) is 9.91. The number of ketones is 1. The number of ether oxygens (including phenoxy) is 1. The van der Waals surface area contributed by atoms with E-state index in [-0.39, 0.29) is 31.4 Å². The summed E-state index contributed by atoms with van der Waals surface area (Å²) < 4.78 is 5.40. The summed E-state index contributed by atoms with van der Waals surface area (Å²) in [6, 6.07) is 6.17. The summed E-state index contributed by atoms with van der Waals surface area (Å²) in [6.45, 7) is 1.28. The largest absolute Gasteiger partial charge is 0.491 e. The van der Waals surface area contributed by atoms with Crippen LogP contribution in [0.4, 0.5) is 4.79 Å². The first kappa shape index (κ1) is 16.0. The van der Waals surface area contributed by atoms with Crippen molar-refractivity contribution >= 4 is 17.7 Å². The number of hydrogen-bond donors (Lipinski definition) is 1. The van der Waals surface area contributed by atoms with Gasteiger partial charge in [0.1, 0.15) is 25.0 Å². The lowest BCUT2D eigenvalue weighted by atomic mass is 10.1. The number of hydrogen-bond acceptors (Lipinski definition) is 5. The maximum absolute atomic E-state index is 11.7. The van der Waals surface area contributed by atoms with Crippen LogP contribution >= 0.6 is 0 Å². The Bertz CT molecular complexity index is 601. The third-order valence-corrected chi connectivity index (χ3v) is 3.31. The quantitative estimate of drug-likeness (QED) is 0.611. The van der Waals surface area contributed by atoms with Gasteiger partial charge in [0.15, 0.2) is 5.78 Å². The number of rotatable bonds is 6. The first-order valence-electron chi connectivity index (χ1n) is 6.86. The summed E-state index contributed by atoms with van der Waals surface area (Å²) in [6.07, 6.45) is -1.000. The molecule has 0 bridgehead atoms. The van der Waals surface area contributed by atoms with Gasteiger partial charge in [-0.05, 0) is 19.1 Å². The molecule has 3 amide bonds.